The Kier molecular flexibility index (Phi) is 6.17. The van der Waals surface area contributed by atoms with Crippen LogP contribution in [0.3, 0.4) is 0 Å². The predicted octanol–water partition coefficient (Wildman–Crippen LogP) is 4.62. The molecular formula is C21H24ClNO3. The zero-order valence-electron chi connectivity index (χ0n) is 14.9. The zero-order valence-corrected chi connectivity index (χ0v) is 15.7. The normalized spacial score (nSPS) is 17.0. The number of carboxylic acid groups (broad SMARTS) is 1. The van der Waals surface area contributed by atoms with E-state index in [9.17, 15) is 9.90 Å². The summed E-state index contributed by atoms with van der Waals surface area (Å²) in [7, 11) is 0. The van der Waals surface area contributed by atoms with Gasteiger partial charge in [0.05, 0.1) is 18.6 Å². The number of nitrogens with zero attached hydrogens (tertiary/aromatic N) is 1. The molecule has 26 heavy (non-hydrogen) atoms. The Morgan fingerprint density at radius 2 is 1.85 bits per heavy atom. The van der Waals surface area contributed by atoms with Crippen LogP contribution in [0.25, 0.3) is 0 Å². The minimum absolute atomic E-state index is 0.0183. The van der Waals surface area contributed by atoms with Crippen molar-refractivity contribution in [3.8, 4) is 5.75 Å². The van der Waals surface area contributed by atoms with Crippen LogP contribution < -0.4 is 4.74 Å². The maximum absolute atomic E-state index is 11.3. The molecule has 1 N–H and O–H groups in total. The first kappa shape index (κ1) is 18.7. The fraction of sp³-hybridized carbons (Fsp3) is 0.381. The molecule has 1 aliphatic rings. The number of likely N-dealkylation sites (tertiary alicyclic amines) is 1. The number of rotatable bonds is 6. The summed E-state index contributed by atoms with van der Waals surface area (Å²) in [5.74, 6) is -0.0722. The number of carboxylic acids is 1. The Labute approximate surface area is 159 Å². The van der Waals surface area contributed by atoms with Crippen molar-refractivity contribution in [2.24, 2.45) is 5.92 Å². The summed E-state index contributed by atoms with van der Waals surface area (Å²) in [6, 6.07) is 16.0. The summed E-state index contributed by atoms with van der Waals surface area (Å²) in [5.41, 5.74) is 2.24. The monoisotopic (exact) mass is 373 g/mol. The molecule has 1 saturated heterocycles. The topological polar surface area (TPSA) is 49.8 Å². The predicted molar refractivity (Wildman–Crippen MR) is 103 cm³/mol. The number of piperidine rings is 1. The van der Waals surface area contributed by atoms with E-state index in [0.29, 0.717) is 24.5 Å². The molecule has 2 aromatic rings. The van der Waals surface area contributed by atoms with E-state index in [2.05, 4.69) is 11.0 Å². The summed E-state index contributed by atoms with van der Waals surface area (Å²) in [5, 5.41) is 9.99. The molecule has 0 aliphatic carbocycles. The van der Waals surface area contributed by atoms with Crippen LogP contribution in [0.2, 0.25) is 5.02 Å². The van der Waals surface area contributed by atoms with Crippen molar-refractivity contribution in [2.45, 2.75) is 25.8 Å². The first-order valence-corrected chi connectivity index (χ1v) is 9.42. The second-order valence-corrected chi connectivity index (χ2v) is 7.01. The summed E-state index contributed by atoms with van der Waals surface area (Å²) in [6.07, 6.45) is 1.33. The van der Waals surface area contributed by atoms with Crippen LogP contribution in [0.1, 0.15) is 36.9 Å². The Morgan fingerprint density at radius 1 is 1.19 bits per heavy atom. The average molecular weight is 374 g/mol. The van der Waals surface area contributed by atoms with Crippen LogP contribution in [0, 0.1) is 5.92 Å². The zero-order chi connectivity index (χ0) is 18.5. The van der Waals surface area contributed by atoms with E-state index in [1.54, 1.807) is 0 Å². The molecule has 1 heterocycles. The molecule has 1 unspecified atom stereocenters. The van der Waals surface area contributed by atoms with E-state index >= 15 is 0 Å². The molecule has 1 aliphatic heterocycles. The van der Waals surface area contributed by atoms with E-state index in [-0.39, 0.29) is 12.0 Å². The molecule has 0 amide bonds. The number of aliphatic carboxylic acids is 1. The lowest BCUT2D eigenvalue weighted by atomic mass is 9.91. The second-order valence-electron chi connectivity index (χ2n) is 6.57. The van der Waals surface area contributed by atoms with Crippen molar-refractivity contribution in [3.63, 3.8) is 0 Å². The van der Waals surface area contributed by atoms with Crippen molar-refractivity contribution in [3.05, 3.63) is 64.7 Å². The van der Waals surface area contributed by atoms with Crippen LogP contribution in [0.4, 0.5) is 0 Å². The number of para-hydroxylation sites is 1. The fourth-order valence-corrected chi connectivity index (χ4v) is 3.76. The number of benzene rings is 2. The third-order valence-electron chi connectivity index (χ3n) is 4.94. The first-order chi connectivity index (χ1) is 12.6. The van der Waals surface area contributed by atoms with Crippen molar-refractivity contribution in [1.82, 2.24) is 4.90 Å². The molecule has 0 saturated carbocycles. The first-order valence-electron chi connectivity index (χ1n) is 9.04. The minimum atomic E-state index is -0.692. The van der Waals surface area contributed by atoms with Crippen molar-refractivity contribution >= 4 is 17.6 Å². The lowest BCUT2D eigenvalue weighted by Crippen LogP contribution is -2.39. The van der Waals surface area contributed by atoms with E-state index < -0.39 is 5.97 Å². The van der Waals surface area contributed by atoms with Gasteiger partial charge in [-0.1, -0.05) is 41.9 Å². The van der Waals surface area contributed by atoms with Gasteiger partial charge >= 0.3 is 5.97 Å². The molecule has 1 fully saturated rings. The lowest BCUT2D eigenvalue weighted by Gasteiger charge is -2.37. The standard InChI is InChI=1S/C21H24ClNO3/c1-2-26-19-6-4-3-5-18(19)20(15-7-9-17(22)10-8-15)23-13-11-16(12-14-23)21(24)25/h3-10,16,20H,2,11-14H2,1H3,(H,24,25). The summed E-state index contributed by atoms with van der Waals surface area (Å²) in [6.45, 7) is 4.06. The van der Waals surface area contributed by atoms with Gasteiger partial charge in [-0.25, -0.2) is 0 Å². The largest absolute Gasteiger partial charge is 0.494 e. The highest BCUT2D eigenvalue weighted by Crippen LogP contribution is 2.37. The highest BCUT2D eigenvalue weighted by molar-refractivity contribution is 6.30. The Hall–Kier alpha value is -2.04. The third kappa shape index (κ3) is 4.19. The molecule has 5 heteroatoms. The molecule has 3 rings (SSSR count). The van der Waals surface area contributed by atoms with Crippen LogP contribution in [-0.2, 0) is 4.79 Å². The average Bonchev–Trinajstić information content (AvgIpc) is 2.65. The quantitative estimate of drug-likeness (QED) is 0.802. The molecule has 2 aromatic carbocycles. The Balaban J connectivity index is 1.95. The van der Waals surface area contributed by atoms with E-state index in [1.807, 2.05) is 49.4 Å². The molecule has 0 bridgehead atoms. The second kappa shape index (κ2) is 8.56. The van der Waals surface area contributed by atoms with Gasteiger partial charge in [-0.2, -0.15) is 0 Å². The van der Waals surface area contributed by atoms with Gasteiger partial charge in [0, 0.05) is 10.6 Å². The van der Waals surface area contributed by atoms with E-state index in [4.69, 9.17) is 16.3 Å². The van der Waals surface area contributed by atoms with E-state index in [1.165, 1.54) is 0 Å². The van der Waals surface area contributed by atoms with Gasteiger partial charge in [-0.05, 0) is 56.6 Å². The molecule has 1 atom stereocenters. The van der Waals surface area contributed by atoms with Crippen LogP contribution >= 0.6 is 11.6 Å². The number of hydrogen-bond acceptors (Lipinski definition) is 3. The SMILES string of the molecule is CCOc1ccccc1C(c1ccc(Cl)cc1)N1CCC(C(=O)O)CC1. The Morgan fingerprint density at radius 3 is 2.46 bits per heavy atom. The molecule has 0 radical (unpaired) electrons. The number of carbonyl (C=O) groups is 1. The maximum Gasteiger partial charge on any atom is 0.306 e. The minimum Gasteiger partial charge on any atom is -0.494 e. The van der Waals surface area contributed by atoms with Gasteiger partial charge < -0.3 is 9.84 Å². The van der Waals surface area contributed by atoms with Crippen LogP contribution in [0.5, 0.6) is 5.75 Å². The summed E-state index contributed by atoms with van der Waals surface area (Å²) in [4.78, 5) is 13.6. The van der Waals surface area contributed by atoms with Gasteiger partial charge in [0.2, 0.25) is 0 Å². The highest BCUT2D eigenvalue weighted by Gasteiger charge is 2.31. The van der Waals surface area contributed by atoms with E-state index in [0.717, 1.165) is 30.0 Å². The van der Waals surface area contributed by atoms with Crippen molar-refractivity contribution in [2.75, 3.05) is 19.7 Å². The number of ether oxygens (including phenoxy) is 1. The van der Waals surface area contributed by atoms with Gasteiger partial charge in [0.15, 0.2) is 0 Å². The van der Waals surface area contributed by atoms with Crippen molar-refractivity contribution in [1.29, 1.82) is 0 Å². The molecule has 0 aromatic heterocycles. The van der Waals surface area contributed by atoms with Crippen LogP contribution in [-0.4, -0.2) is 35.7 Å². The summed E-state index contributed by atoms with van der Waals surface area (Å²) < 4.78 is 5.87. The molecule has 4 nitrogen and oxygen atoms in total. The molecule has 138 valence electrons. The lowest BCUT2D eigenvalue weighted by molar-refractivity contribution is -0.143. The fourth-order valence-electron chi connectivity index (χ4n) is 3.63. The van der Waals surface area contributed by atoms with Gasteiger partial charge in [-0.15, -0.1) is 0 Å². The summed E-state index contributed by atoms with van der Waals surface area (Å²) >= 11 is 6.08. The van der Waals surface area contributed by atoms with Gasteiger partial charge in [-0.3, -0.25) is 9.69 Å². The highest BCUT2D eigenvalue weighted by atomic mass is 35.5. The smallest absolute Gasteiger partial charge is 0.306 e. The molecule has 0 spiro atoms. The van der Waals surface area contributed by atoms with Crippen LogP contribution in [0.15, 0.2) is 48.5 Å². The van der Waals surface area contributed by atoms with Gasteiger partial charge in [0.25, 0.3) is 0 Å². The number of hydrogen-bond donors (Lipinski definition) is 1. The van der Waals surface area contributed by atoms with Crippen molar-refractivity contribution < 1.29 is 14.6 Å². The molecular weight excluding hydrogens is 350 g/mol. The number of halogens is 1. The maximum atomic E-state index is 11.3. The Bertz CT molecular complexity index is 739. The van der Waals surface area contributed by atoms with Gasteiger partial charge in [0.1, 0.15) is 5.75 Å². The third-order valence-corrected chi connectivity index (χ3v) is 5.20.